The number of carbonyl (C=O) groups excluding carboxylic acids is 2. The fourth-order valence-corrected chi connectivity index (χ4v) is 4.42. The first-order valence-electron chi connectivity index (χ1n) is 11.0. The fourth-order valence-electron chi connectivity index (χ4n) is 4.42. The number of nitrogens with zero attached hydrogens (tertiary/aromatic N) is 2. The molecule has 2 aromatic rings. The van der Waals surface area contributed by atoms with Crippen molar-refractivity contribution in [3.63, 3.8) is 0 Å². The molecule has 2 aromatic carbocycles. The predicted octanol–water partition coefficient (Wildman–Crippen LogP) is 3.79. The summed E-state index contributed by atoms with van der Waals surface area (Å²) in [6, 6.07) is 17.9. The van der Waals surface area contributed by atoms with Crippen molar-refractivity contribution < 1.29 is 14.3 Å². The zero-order valence-corrected chi connectivity index (χ0v) is 17.5. The van der Waals surface area contributed by atoms with Crippen LogP contribution in [0, 0.1) is 0 Å². The summed E-state index contributed by atoms with van der Waals surface area (Å²) in [5.74, 6) is 0.0918. The molecular formula is C25H30N2O3. The maximum Gasteiger partial charge on any atom is 0.254 e. The lowest BCUT2D eigenvalue weighted by molar-refractivity contribution is 0.0302. The third kappa shape index (κ3) is 4.90. The van der Waals surface area contributed by atoms with Crippen LogP contribution < -0.4 is 0 Å². The van der Waals surface area contributed by atoms with Crippen LogP contribution in [-0.4, -0.2) is 60.5 Å². The van der Waals surface area contributed by atoms with E-state index in [9.17, 15) is 9.59 Å². The largest absolute Gasteiger partial charge is 0.378 e. The van der Waals surface area contributed by atoms with E-state index in [2.05, 4.69) is 24.3 Å². The van der Waals surface area contributed by atoms with Crippen molar-refractivity contribution in [3.05, 3.63) is 71.3 Å². The highest BCUT2D eigenvalue weighted by atomic mass is 16.5. The van der Waals surface area contributed by atoms with E-state index in [0.717, 1.165) is 32.2 Å². The molecule has 2 aliphatic rings. The van der Waals surface area contributed by atoms with Crippen LogP contribution in [0.25, 0.3) is 0 Å². The molecule has 1 unspecified atom stereocenters. The van der Waals surface area contributed by atoms with E-state index in [0.29, 0.717) is 37.4 Å². The Balaban J connectivity index is 1.40. The number of hydrogen-bond donors (Lipinski definition) is 0. The Morgan fingerprint density at radius 3 is 2.20 bits per heavy atom. The summed E-state index contributed by atoms with van der Waals surface area (Å²) >= 11 is 0. The summed E-state index contributed by atoms with van der Waals surface area (Å²) in [5, 5.41) is 0. The Morgan fingerprint density at radius 2 is 1.50 bits per heavy atom. The lowest BCUT2D eigenvalue weighted by Crippen LogP contribution is -2.44. The second kappa shape index (κ2) is 9.90. The van der Waals surface area contributed by atoms with Crippen molar-refractivity contribution in [2.75, 3.05) is 32.8 Å². The Labute approximate surface area is 178 Å². The van der Waals surface area contributed by atoms with Gasteiger partial charge in [0.15, 0.2) is 0 Å². The van der Waals surface area contributed by atoms with Crippen molar-refractivity contribution in [1.29, 1.82) is 0 Å². The van der Waals surface area contributed by atoms with Gasteiger partial charge in [-0.05, 0) is 61.9 Å². The number of carbonyl (C=O) groups is 2. The Morgan fingerprint density at radius 1 is 0.833 bits per heavy atom. The molecule has 0 aromatic heterocycles. The molecule has 4 rings (SSSR count). The van der Waals surface area contributed by atoms with Gasteiger partial charge in [-0.2, -0.15) is 0 Å². The Bertz CT molecular complexity index is 844. The monoisotopic (exact) mass is 406 g/mol. The van der Waals surface area contributed by atoms with Gasteiger partial charge in [0.2, 0.25) is 0 Å². The SMILES string of the molecule is O=C(c1ccc(C(=O)N2CCCCC2CCc2ccccc2)cc1)N1CCOCC1. The van der Waals surface area contributed by atoms with E-state index in [1.165, 1.54) is 12.0 Å². The minimum absolute atomic E-state index is 0.0102. The Kier molecular flexibility index (Phi) is 6.80. The summed E-state index contributed by atoms with van der Waals surface area (Å²) in [6.07, 6.45) is 5.27. The number of piperidine rings is 1. The highest BCUT2D eigenvalue weighted by molar-refractivity contribution is 5.98. The standard InChI is InChI=1S/C25H30N2O3/c28-24(26-16-18-30-19-17-26)21-10-12-22(13-11-21)25(29)27-15-5-4-8-23(27)14-9-20-6-2-1-3-7-20/h1-3,6-7,10-13,23H,4-5,8-9,14-19H2. The molecule has 2 saturated heterocycles. The molecule has 1 atom stereocenters. The summed E-state index contributed by atoms with van der Waals surface area (Å²) in [4.78, 5) is 29.7. The summed E-state index contributed by atoms with van der Waals surface area (Å²) in [7, 11) is 0. The molecule has 0 aliphatic carbocycles. The second-order valence-corrected chi connectivity index (χ2v) is 8.15. The molecule has 5 nitrogen and oxygen atoms in total. The first-order valence-corrected chi connectivity index (χ1v) is 11.0. The molecule has 0 bridgehead atoms. The van der Waals surface area contributed by atoms with E-state index >= 15 is 0 Å². The van der Waals surface area contributed by atoms with Crippen LogP contribution in [-0.2, 0) is 11.2 Å². The Hall–Kier alpha value is -2.66. The van der Waals surface area contributed by atoms with Gasteiger partial charge in [0.05, 0.1) is 13.2 Å². The van der Waals surface area contributed by atoms with Gasteiger partial charge in [0.1, 0.15) is 0 Å². The molecule has 2 aliphatic heterocycles. The van der Waals surface area contributed by atoms with Gasteiger partial charge in [0.25, 0.3) is 11.8 Å². The normalized spacial score (nSPS) is 19.5. The average Bonchev–Trinajstić information content (AvgIpc) is 2.83. The smallest absolute Gasteiger partial charge is 0.254 e. The van der Waals surface area contributed by atoms with Crippen molar-refractivity contribution in [3.8, 4) is 0 Å². The van der Waals surface area contributed by atoms with E-state index in [-0.39, 0.29) is 17.9 Å². The van der Waals surface area contributed by atoms with E-state index in [1.807, 2.05) is 15.9 Å². The number of likely N-dealkylation sites (tertiary alicyclic amines) is 1. The quantitative estimate of drug-likeness (QED) is 0.759. The minimum atomic E-state index is 0.0102. The molecule has 5 heteroatoms. The van der Waals surface area contributed by atoms with Gasteiger partial charge >= 0.3 is 0 Å². The maximum absolute atomic E-state index is 13.2. The zero-order chi connectivity index (χ0) is 20.8. The number of aryl methyl sites for hydroxylation is 1. The number of amides is 2. The van der Waals surface area contributed by atoms with Gasteiger partial charge in [-0.25, -0.2) is 0 Å². The first-order chi connectivity index (χ1) is 14.7. The third-order valence-corrected chi connectivity index (χ3v) is 6.17. The van der Waals surface area contributed by atoms with E-state index in [4.69, 9.17) is 4.74 Å². The molecular weight excluding hydrogens is 376 g/mol. The van der Waals surface area contributed by atoms with Gasteiger partial charge in [0, 0.05) is 36.8 Å². The minimum Gasteiger partial charge on any atom is -0.378 e. The average molecular weight is 407 g/mol. The third-order valence-electron chi connectivity index (χ3n) is 6.17. The number of morpholine rings is 1. The number of hydrogen-bond acceptors (Lipinski definition) is 3. The molecule has 0 radical (unpaired) electrons. The maximum atomic E-state index is 13.2. The summed E-state index contributed by atoms with van der Waals surface area (Å²) in [5.41, 5.74) is 2.62. The number of rotatable bonds is 5. The van der Waals surface area contributed by atoms with Crippen molar-refractivity contribution in [2.24, 2.45) is 0 Å². The van der Waals surface area contributed by atoms with Crippen LogP contribution in [0.15, 0.2) is 54.6 Å². The summed E-state index contributed by atoms with van der Waals surface area (Å²) < 4.78 is 5.32. The molecule has 0 spiro atoms. The lowest BCUT2D eigenvalue weighted by Gasteiger charge is -2.36. The molecule has 30 heavy (non-hydrogen) atoms. The van der Waals surface area contributed by atoms with Crippen molar-refractivity contribution in [1.82, 2.24) is 9.80 Å². The van der Waals surface area contributed by atoms with Gasteiger partial charge in [-0.1, -0.05) is 30.3 Å². The zero-order valence-electron chi connectivity index (χ0n) is 17.5. The molecule has 2 amide bonds. The van der Waals surface area contributed by atoms with Crippen molar-refractivity contribution in [2.45, 2.75) is 38.1 Å². The van der Waals surface area contributed by atoms with Crippen LogP contribution in [0.1, 0.15) is 52.0 Å². The highest BCUT2D eigenvalue weighted by Crippen LogP contribution is 2.24. The first kappa shape index (κ1) is 20.6. The molecule has 0 N–H and O–H groups in total. The molecule has 0 saturated carbocycles. The van der Waals surface area contributed by atoms with Crippen LogP contribution in [0.4, 0.5) is 0 Å². The fraction of sp³-hybridized carbons (Fsp3) is 0.440. The van der Waals surface area contributed by atoms with Gasteiger partial charge < -0.3 is 14.5 Å². The predicted molar refractivity (Wildman–Crippen MR) is 117 cm³/mol. The van der Waals surface area contributed by atoms with E-state index in [1.54, 1.807) is 24.3 Å². The van der Waals surface area contributed by atoms with Crippen LogP contribution in [0.2, 0.25) is 0 Å². The number of ether oxygens (including phenoxy) is 1. The molecule has 2 heterocycles. The topological polar surface area (TPSA) is 49.9 Å². The van der Waals surface area contributed by atoms with Crippen LogP contribution >= 0.6 is 0 Å². The van der Waals surface area contributed by atoms with Crippen LogP contribution in [0.3, 0.4) is 0 Å². The molecule has 2 fully saturated rings. The molecule has 158 valence electrons. The summed E-state index contributed by atoms with van der Waals surface area (Å²) in [6.45, 7) is 3.23. The van der Waals surface area contributed by atoms with Gasteiger partial charge in [-0.3, -0.25) is 9.59 Å². The highest BCUT2D eigenvalue weighted by Gasteiger charge is 2.27. The lowest BCUT2D eigenvalue weighted by atomic mass is 9.95. The van der Waals surface area contributed by atoms with E-state index < -0.39 is 0 Å². The number of benzene rings is 2. The van der Waals surface area contributed by atoms with Crippen LogP contribution in [0.5, 0.6) is 0 Å². The van der Waals surface area contributed by atoms with Crippen molar-refractivity contribution >= 4 is 11.8 Å². The second-order valence-electron chi connectivity index (χ2n) is 8.15. The van der Waals surface area contributed by atoms with Gasteiger partial charge in [-0.15, -0.1) is 0 Å².